The fraction of sp³-hybridized carbons (Fsp3) is 0.267. The third-order valence-corrected chi connectivity index (χ3v) is 3.21. The Bertz CT molecular complexity index is 618. The Kier molecular flexibility index (Phi) is 3.95. The van der Waals surface area contributed by atoms with E-state index in [2.05, 4.69) is 20.6 Å². The third-order valence-electron chi connectivity index (χ3n) is 3.21. The van der Waals surface area contributed by atoms with Gasteiger partial charge < -0.3 is 15.4 Å². The molecular formula is C15H16N4O2. The highest BCUT2D eigenvalue weighted by molar-refractivity contribution is 5.78. The summed E-state index contributed by atoms with van der Waals surface area (Å²) >= 11 is 0. The average molecular weight is 284 g/mol. The van der Waals surface area contributed by atoms with Gasteiger partial charge in [-0.25, -0.2) is 4.98 Å². The smallest absolute Gasteiger partial charge is 0.225 e. The molecule has 0 radical (unpaired) electrons. The third kappa shape index (κ3) is 3.68. The van der Waals surface area contributed by atoms with Crippen molar-refractivity contribution in [3.8, 4) is 11.6 Å². The molecule has 21 heavy (non-hydrogen) atoms. The van der Waals surface area contributed by atoms with Crippen molar-refractivity contribution in [1.82, 2.24) is 15.3 Å². The zero-order valence-electron chi connectivity index (χ0n) is 11.5. The zero-order chi connectivity index (χ0) is 14.5. The van der Waals surface area contributed by atoms with Crippen LogP contribution in [-0.2, 0) is 4.79 Å². The topological polar surface area (TPSA) is 76.1 Å². The van der Waals surface area contributed by atoms with Crippen molar-refractivity contribution in [2.45, 2.75) is 6.42 Å². The number of ether oxygens (including phenoxy) is 1. The Hall–Kier alpha value is -2.63. The summed E-state index contributed by atoms with van der Waals surface area (Å²) in [5.41, 5.74) is 0. The summed E-state index contributed by atoms with van der Waals surface area (Å²) < 4.78 is 5.65. The van der Waals surface area contributed by atoms with Gasteiger partial charge in [0, 0.05) is 37.7 Å². The molecule has 0 saturated carbocycles. The number of carbonyl (C=O) groups is 1. The first kappa shape index (κ1) is 13.4. The summed E-state index contributed by atoms with van der Waals surface area (Å²) in [5.74, 6) is 2.10. The number of nitrogens with one attached hydrogen (secondary N) is 2. The van der Waals surface area contributed by atoms with Crippen LogP contribution in [0.5, 0.6) is 11.6 Å². The van der Waals surface area contributed by atoms with Gasteiger partial charge in [-0.15, -0.1) is 0 Å². The van der Waals surface area contributed by atoms with Crippen LogP contribution in [0, 0.1) is 5.92 Å². The van der Waals surface area contributed by atoms with Gasteiger partial charge in [0.1, 0.15) is 5.75 Å². The van der Waals surface area contributed by atoms with Crippen LogP contribution in [0.4, 0.5) is 5.95 Å². The molecule has 1 atom stereocenters. The van der Waals surface area contributed by atoms with E-state index in [1.165, 1.54) is 0 Å². The maximum absolute atomic E-state index is 11.1. The van der Waals surface area contributed by atoms with E-state index in [1.54, 1.807) is 12.3 Å². The summed E-state index contributed by atoms with van der Waals surface area (Å²) in [4.78, 5) is 19.6. The summed E-state index contributed by atoms with van der Waals surface area (Å²) in [5, 5.41) is 5.94. The Labute approximate surface area is 122 Å². The molecule has 1 fully saturated rings. The highest BCUT2D eigenvalue weighted by Crippen LogP contribution is 2.19. The maximum atomic E-state index is 11.1. The number of hydrogen-bond donors (Lipinski definition) is 2. The molecule has 0 bridgehead atoms. The minimum absolute atomic E-state index is 0.101. The van der Waals surface area contributed by atoms with E-state index in [0.717, 1.165) is 5.75 Å². The molecule has 6 nitrogen and oxygen atoms in total. The fourth-order valence-corrected chi connectivity index (χ4v) is 2.14. The normalized spacial score (nSPS) is 17.3. The van der Waals surface area contributed by atoms with E-state index < -0.39 is 0 Å². The Morgan fingerprint density at radius 1 is 1.29 bits per heavy atom. The largest absolute Gasteiger partial charge is 0.439 e. The lowest BCUT2D eigenvalue weighted by Crippen LogP contribution is -2.18. The lowest BCUT2D eigenvalue weighted by Gasteiger charge is -2.10. The van der Waals surface area contributed by atoms with Gasteiger partial charge in [0.05, 0.1) is 0 Å². The van der Waals surface area contributed by atoms with Crippen LogP contribution < -0.4 is 15.4 Å². The minimum Gasteiger partial charge on any atom is -0.439 e. The van der Waals surface area contributed by atoms with Crippen molar-refractivity contribution >= 4 is 11.9 Å². The van der Waals surface area contributed by atoms with Crippen molar-refractivity contribution < 1.29 is 9.53 Å². The summed E-state index contributed by atoms with van der Waals surface area (Å²) in [6.07, 6.45) is 2.19. The van der Waals surface area contributed by atoms with Crippen LogP contribution in [-0.4, -0.2) is 29.0 Å². The number of carbonyl (C=O) groups excluding carboxylic acids is 1. The Balaban J connectivity index is 1.59. The van der Waals surface area contributed by atoms with E-state index in [9.17, 15) is 4.79 Å². The number of benzene rings is 1. The van der Waals surface area contributed by atoms with Crippen molar-refractivity contribution in [3.63, 3.8) is 0 Å². The molecule has 0 spiro atoms. The molecule has 3 rings (SSSR count). The molecule has 108 valence electrons. The Morgan fingerprint density at radius 2 is 2.14 bits per heavy atom. The Morgan fingerprint density at radius 3 is 2.90 bits per heavy atom. The van der Waals surface area contributed by atoms with Crippen LogP contribution in [0.1, 0.15) is 6.42 Å². The molecule has 6 heteroatoms. The second-order valence-corrected chi connectivity index (χ2v) is 4.89. The molecule has 1 aliphatic heterocycles. The van der Waals surface area contributed by atoms with E-state index >= 15 is 0 Å². The van der Waals surface area contributed by atoms with Crippen LogP contribution in [0.2, 0.25) is 0 Å². The molecule has 1 unspecified atom stereocenters. The second kappa shape index (κ2) is 6.21. The first-order valence-electron chi connectivity index (χ1n) is 6.86. The van der Waals surface area contributed by atoms with Gasteiger partial charge in [-0.05, 0) is 12.1 Å². The quantitative estimate of drug-likeness (QED) is 0.876. The van der Waals surface area contributed by atoms with E-state index in [4.69, 9.17) is 4.74 Å². The molecule has 2 heterocycles. The lowest BCUT2D eigenvalue weighted by molar-refractivity contribution is -0.119. The average Bonchev–Trinajstić information content (AvgIpc) is 2.92. The van der Waals surface area contributed by atoms with Gasteiger partial charge in [0.2, 0.25) is 17.7 Å². The van der Waals surface area contributed by atoms with Gasteiger partial charge in [-0.1, -0.05) is 18.2 Å². The van der Waals surface area contributed by atoms with Gasteiger partial charge in [0.25, 0.3) is 0 Å². The predicted molar refractivity (Wildman–Crippen MR) is 78.2 cm³/mol. The summed E-state index contributed by atoms with van der Waals surface area (Å²) in [7, 11) is 0. The molecular weight excluding hydrogens is 268 g/mol. The molecule has 1 aliphatic rings. The van der Waals surface area contributed by atoms with Gasteiger partial charge in [-0.3, -0.25) is 4.79 Å². The van der Waals surface area contributed by atoms with Crippen LogP contribution in [0.25, 0.3) is 0 Å². The SMILES string of the molecule is O=C1CC(CNc2nccc(Oc3ccccc3)n2)CN1. The second-order valence-electron chi connectivity index (χ2n) is 4.89. The van der Waals surface area contributed by atoms with E-state index in [1.807, 2.05) is 30.3 Å². The highest BCUT2D eigenvalue weighted by Gasteiger charge is 2.21. The van der Waals surface area contributed by atoms with Crippen molar-refractivity contribution in [2.75, 3.05) is 18.4 Å². The van der Waals surface area contributed by atoms with Crippen LogP contribution >= 0.6 is 0 Å². The molecule has 1 aromatic heterocycles. The monoisotopic (exact) mass is 284 g/mol. The first-order valence-corrected chi connectivity index (χ1v) is 6.86. The highest BCUT2D eigenvalue weighted by atomic mass is 16.5. The molecule has 1 aromatic carbocycles. The minimum atomic E-state index is 0.101. The van der Waals surface area contributed by atoms with Crippen molar-refractivity contribution in [3.05, 3.63) is 42.6 Å². The lowest BCUT2D eigenvalue weighted by atomic mass is 10.1. The van der Waals surface area contributed by atoms with E-state index in [-0.39, 0.29) is 11.8 Å². The molecule has 2 aromatic rings. The van der Waals surface area contributed by atoms with Gasteiger partial charge in [-0.2, -0.15) is 4.98 Å². The number of rotatable bonds is 5. The maximum Gasteiger partial charge on any atom is 0.225 e. The van der Waals surface area contributed by atoms with Crippen molar-refractivity contribution in [2.24, 2.45) is 5.92 Å². The standard InChI is InChI=1S/C15H16N4O2/c20-13-8-11(9-17-13)10-18-15-16-7-6-14(19-15)21-12-4-2-1-3-5-12/h1-7,11H,8-10H2,(H,17,20)(H,16,18,19). The number of anilines is 1. The predicted octanol–water partition coefficient (Wildman–Crippen LogP) is 1.82. The summed E-state index contributed by atoms with van der Waals surface area (Å²) in [6, 6.07) is 11.2. The van der Waals surface area contributed by atoms with Crippen LogP contribution in [0.3, 0.4) is 0 Å². The van der Waals surface area contributed by atoms with E-state index in [0.29, 0.717) is 31.3 Å². The number of para-hydroxylation sites is 1. The number of nitrogens with zero attached hydrogens (tertiary/aromatic N) is 2. The molecule has 2 N–H and O–H groups in total. The van der Waals surface area contributed by atoms with Crippen LogP contribution in [0.15, 0.2) is 42.6 Å². The van der Waals surface area contributed by atoms with Gasteiger partial charge >= 0.3 is 0 Å². The number of aromatic nitrogens is 2. The molecule has 1 saturated heterocycles. The fourth-order valence-electron chi connectivity index (χ4n) is 2.14. The summed E-state index contributed by atoms with van der Waals surface area (Å²) in [6.45, 7) is 1.36. The van der Waals surface area contributed by atoms with Gasteiger partial charge in [0.15, 0.2) is 0 Å². The molecule has 1 amide bonds. The number of amides is 1. The number of hydrogen-bond acceptors (Lipinski definition) is 5. The van der Waals surface area contributed by atoms with Crippen molar-refractivity contribution in [1.29, 1.82) is 0 Å². The molecule has 0 aliphatic carbocycles. The zero-order valence-corrected chi connectivity index (χ0v) is 11.5. The first-order chi connectivity index (χ1) is 10.3.